The predicted octanol–water partition coefficient (Wildman–Crippen LogP) is 2.20. The molecule has 9 heteroatoms. The Morgan fingerprint density at radius 2 is 1.62 bits per heavy atom. The highest BCUT2D eigenvalue weighted by Gasteiger charge is 2.26. The van der Waals surface area contributed by atoms with Crippen LogP contribution in [0.1, 0.15) is 28.9 Å². The number of hydrogen-bond acceptors (Lipinski definition) is 5. The van der Waals surface area contributed by atoms with Crippen molar-refractivity contribution < 1.29 is 23.9 Å². The van der Waals surface area contributed by atoms with Crippen LogP contribution >= 0.6 is 11.6 Å². The van der Waals surface area contributed by atoms with E-state index in [1.54, 1.807) is 49.4 Å². The maximum Gasteiger partial charge on any atom is 0.326 e. The number of carbonyl (C=O) groups is 4. The second-order valence-electron chi connectivity index (χ2n) is 5.82. The monoisotopic (exact) mass is 417 g/mol. The first-order valence-corrected chi connectivity index (χ1v) is 9.15. The number of imide groups is 1. The molecular formula is C20H20ClN3O5. The van der Waals surface area contributed by atoms with Crippen molar-refractivity contribution in [3.8, 4) is 0 Å². The molecule has 2 rings (SSSR count). The van der Waals surface area contributed by atoms with Crippen LogP contribution in [-0.4, -0.2) is 36.9 Å². The summed E-state index contributed by atoms with van der Waals surface area (Å²) in [5.74, 6) is -2.15. The number of rotatable bonds is 7. The highest BCUT2D eigenvalue weighted by molar-refractivity contribution is 6.30. The Bertz CT molecular complexity index is 871. The van der Waals surface area contributed by atoms with Gasteiger partial charge in [-0.05, 0) is 31.2 Å². The van der Waals surface area contributed by atoms with E-state index in [9.17, 15) is 19.2 Å². The fourth-order valence-electron chi connectivity index (χ4n) is 2.31. The van der Waals surface area contributed by atoms with Gasteiger partial charge in [-0.2, -0.15) is 0 Å². The number of urea groups is 1. The Labute approximate surface area is 172 Å². The molecule has 0 aromatic heterocycles. The molecule has 0 spiro atoms. The summed E-state index contributed by atoms with van der Waals surface area (Å²) in [6.45, 7) is 1.56. The first-order chi connectivity index (χ1) is 13.9. The van der Waals surface area contributed by atoms with E-state index < -0.39 is 36.5 Å². The summed E-state index contributed by atoms with van der Waals surface area (Å²) in [5.41, 5.74) is 0.697. The lowest BCUT2D eigenvalue weighted by Crippen LogP contribution is -2.43. The number of amides is 4. The molecule has 0 fully saturated rings. The van der Waals surface area contributed by atoms with Crippen LogP contribution < -0.4 is 16.0 Å². The van der Waals surface area contributed by atoms with Crippen LogP contribution in [0.4, 0.5) is 4.79 Å². The maximum absolute atomic E-state index is 12.4. The van der Waals surface area contributed by atoms with Gasteiger partial charge >= 0.3 is 12.0 Å². The largest absolute Gasteiger partial charge is 0.446 e. The van der Waals surface area contributed by atoms with Gasteiger partial charge in [0.05, 0.1) is 0 Å². The Balaban J connectivity index is 2.01. The maximum atomic E-state index is 12.4. The zero-order valence-electron chi connectivity index (χ0n) is 15.6. The Morgan fingerprint density at radius 1 is 0.966 bits per heavy atom. The van der Waals surface area contributed by atoms with Crippen LogP contribution in [0.25, 0.3) is 0 Å². The molecule has 1 atom stereocenters. The van der Waals surface area contributed by atoms with Crippen molar-refractivity contribution in [2.24, 2.45) is 0 Å². The zero-order valence-corrected chi connectivity index (χ0v) is 16.4. The minimum absolute atomic E-state index is 0.316. The minimum atomic E-state index is -1.35. The quantitative estimate of drug-likeness (QED) is 0.597. The number of nitrogens with one attached hydrogen (secondary N) is 3. The second kappa shape index (κ2) is 10.8. The molecule has 0 aliphatic carbocycles. The lowest BCUT2D eigenvalue weighted by molar-refractivity contribution is -0.155. The first-order valence-electron chi connectivity index (χ1n) is 8.77. The summed E-state index contributed by atoms with van der Waals surface area (Å²) in [6.07, 6.45) is -1.35. The van der Waals surface area contributed by atoms with Gasteiger partial charge in [-0.15, -0.1) is 0 Å². The normalized spacial score (nSPS) is 11.1. The molecule has 0 unspecified atom stereocenters. The van der Waals surface area contributed by atoms with Gasteiger partial charge in [-0.3, -0.25) is 19.7 Å². The molecule has 0 bridgehead atoms. The molecule has 2 aromatic carbocycles. The summed E-state index contributed by atoms with van der Waals surface area (Å²) in [7, 11) is 0. The van der Waals surface area contributed by atoms with E-state index in [1.807, 2.05) is 0 Å². The van der Waals surface area contributed by atoms with Crippen LogP contribution in [0.3, 0.4) is 0 Å². The van der Waals surface area contributed by atoms with Gasteiger partial charge in [0.2, 0.25) is 6.10 Å². The first kappa shape index (κ1) is 21.9. The van der Waals surface area contributed by atoms with Gasteiger partial charge < -0.3 is 15.4 Å². The molecular weight excluding hydrogens is 398 g/mol. The van der Waals surface area contributed by atoms with E-state index in [2.05, 4.69) is 16.0 Å². The lowest BCUT2D eigenvalue weighted by atomic mass is 10.1. The van der Waals surface area contributed by atoms with Crippen molar-refractivity contribution in [1.29, 1.82) is 0 Å². The van der Waals surface area contributed by atoms with Crippen LogP contribution in [0.2, 0.25) is 5.02 Å². The van der Waals surface area contributed by atoms with Crippen LogP contribution in [0.15, 0.2) is 54.6 Å². The van der Waals surface area contributed by atoms with Gasteiger partial charge in [0.15, 0.2) is 0 Å². The van der Waals surface area contributed by atoms with E-state index in [0.29, 0.717) is 22.7 Å². The lowest BCUT2D eigenvalue weighted by Gasteiger charge is -2.18. The van der Waals surface area contributed by atoms with Crippen LogP contribution in [-0.2, 0) is 14.3 Å². The number of carbonyl (C=O) groups excluding carboxylic acids is 4. The molecule has 0 saturated carbocycles. The van der Waals surface area contributed by atoms with Gasteiger partial charge in [-0.1, -0.05) is 41.9 Å². The van der Waals surface area contributed by atoms with Crippen LogP contribution in [0, 0.1) is 0 Å². The standard InChI is InChI=1S/C20H20ClN3O5/c1-2-22-20(28)24-19(27)17(13-6-4-3-5-7-13)29-16(25)12-23-18(26)14-8-10-15(21)11-9-14/h3-11,17H,2,12H2,1H3,(H,23,26)(H2,22,24,27,28)/t17-/m1/s1. The van der Waals surface area contributed by atoms with E-state index in [4.69, 9.17) is 16.3 Å². The average Bonchev–Trinajstić information content (AvgIpc) is 2.71. The molecule has 0 aliphatic rings. The van der Waals surface area contributed by atoms with E-state index >= 15 is 0 Å². The molecule has 0 heterocycles. The Hall–Kier alpha value is -3.39. The number of esters is 1. The molecule has 8 nitrogen and oxygen atoms in total. The SMILES string of the molecule is CCNC(=O)NC(=O)[C@H](OC(=O)CNC(=O)c1ccc(Cl)cc1)c1ccccc1. The highest BCUT2D eigenvalue weighted by Crippen LogP contribution is 2.17. The third-order valence-electron chi connectivity index (χ3n) is 3.66. The third kappa shape index (κ3) is 6.93. The molecule has 4 amide bonds. The smallest absolute Gasteiger partial charge is 0.326 e. The van der Waals surface area contributed by atoms with Crippen molar-refractivity contribution >= 4 is 35.4 Å². The minimum Gasteiger partial charge on any atom is -0.446 e. The van der Waals surface area contributed by atoms with Crippen molar-refractivity contribution in [3.05, 3.63) is 70.7 Å². The summed E-state index contributed by atoms with van der Waals surface area (Å²) >= 11 is 5.77. The molecule has 29 heavy (non-hydrogen) atoms. The van der Waals surface area contributed by atoms with Crippen molar-refractivity contribution in [2.45, 2.75) is 13.0 Å². The van der Waals surface area contributed by atoms with Gasteiger partial charge in [-0.25, -0.2) is 4.79 Å². The summed E-state index contributed by atoms with van der Waals surface area (Å²) in [4.78, 5) is 48.3. The molecule has 0 radical (unpaired) electrons. The van der Waals surface area contributed by atoms with Gasteiger partial charge in [0, 0.05) is 22.7 Å². The fraction of sp³-hybridized carbons (Fsp3) is 0.200. The van der Waals surface area contributed by atoms with E-state index in [-0.39, 0.29) is 0 Å². The highest BCUT2D eigenvalue weighted by atomic mass is 35.5. The number of hydrogen-bond donors (Lipinski definition) is 3. The number of halogens is 1. The van der Waals surface area contributed by atoms with Gasteiger partial charge in [0.1, 0.15) is 6.54 Å². The summed E-state index contributed by atoms with van der Waals surface area (Å²) in [6, 6.07) is 13.6. The average molecular weight is 418 g/mol. The molecule has 0 saturated heterocycles. The summed E-state index contributed by atoms with van der Waals surface area (Å²) < 4.78 is 5.22. The van der Waals surface area contributed by atoms with Gasteiger partial charge in [0.25, 0.3) is 11.8 Å². The Kier molecular flexibility index (Phi) is 8.17. The number of ether oxygens (including phenoxy) is 1. The fourth-order valence-corrected chi connectivity index (χ4v) is 2.44. The second-order valence-corrected chi connectivity index (χ2v) is 6.26. The van der Waals surface area contributed by atoms with Crippen molar-refractivity contribution in [1.82, 2.24) is 16.0 Å². The zero-order chi connectivity index (χ0) is 21.2. The molecule has 152 valence electrons. The summed E-state index contributed by atoms with van der Waals surface area (Å²) in [5, 5.41) is 7.42. The Morgan fingerprint density at radius 3 is 2.24 bits per heavy atom. The van der Waals surface area contributed by atoms with Crippen molar-refractivity contribution in [3.63, 3.8) is 0 Å². The number of benzene rings is 2. The topological polar surface area (TPSA) is 114 Å². The van der Waals surface area contributed by atoms with E-state index in [0.717, 1.165) is 0 Å². The van der Waals surface area contributed by atoms with E-state index in [1.165, 1.54) is 12.1 Å². The third-order valence-corrected chi connectivity index (χ3v) is 3.92. The molecule has 0 aliphatic heterocycles. The molecule has 3 N–H and O–H groups in total. The van der Waals surface area contributed by atoms with Crippen LogP contribution in [0.5, 0.6) is 0 Å². The molecule has 2 aromatic rings. The predicted molar refractivity (Wildman–Crippen MR) is 106 cm³/mol. The van der Waals surface area contributed by atoms with Crippen molar-refractivity contribution in [2.75, 3.05) is 13.1 Å².